The molecule has 0 bridgehead atoms. The summed E-state index contributed by atoms with van der Waals surface area (Å²) in [5.74, 6) is 0.942. The molecule has 0 aliphatic rings. The molecule has 0 heterocycles. The molecule has 2 aromatic rings. The molecule has 4 N–H and O–H groups in total. The molecular formula is C34H57CaO5P. The van der Waals surface area contributed by atoms with Crippen molar-refractivity contribution >= 4 is 42.1 Å². The van der Waals surface area contributed by atoms with Crippen molar-refractivity contribution in [3.63, 3.8) is 0 Å². The van der Waals surface area contributed by atoms with Gasteiger partial charge in [-0.2, -0.15) is 0 Å². The largest absolute Gasteiger partial charge is 0.326 e. The summed E-state index contributed by atoms with van der Waals surface area (Å²) >= 11 is -1.18. The van der Waals surface area contributed by atoms with Crippen LogP contribution in [-0.2, 0) is 30.3 Å². The van der Waals surface area contributed by atoms with Crippen LogP contribution >= 0.6 is 8.25 Å². The van der Waals surface area contributed by atoms with Gasteiger partial charge in [0.15, 0.2) is 0 Å². The molecule has 0 aliphatic heterocycles. The Hall–Kier alpha value is -0.550. The summed E-state index contributed by atoms with van der Waals surface area (Å²) in [6.07, 6.45) is 2.25. The SMILES string of the molecule is CC[C](CC)([Ca][CH2]c1cc(C(C)(C)C)c(O)c(C(C)(C)C)c1)c1cc(C(C)(C)C)c(O)c(C(C)(C)C)c1.O=[PH](O)O. The molecule has 5 nitrogen and oxygen atoms in total. The first-order chi connectivity index (χ1) is 18.3. The fraction of sp³-hybridized carbons (Fsp3) is 0.647. The number of hydrogen-bond acceptors (Lipinski definition) is 3. The summed E-state index contributed by atoms with van der Waals surface area (Å²) in [6, 6.07) is 9.23. The zero-order valence-corrected chi connectivity index (χ0v) is 31.5. The van der Waals surface area contributed by atoms with Crippen molar-refractivity contribution in [2.75, 3.05) is 0 Å². The molecule has 0 spiro atoms. The van der Waals surface area contributed by atoms with Gasteiger partial charge in [0.1, 0.15) is 0 Å². The van der Waals surface area contributed by atoms with Crippen LogP contribution in [0.1, 0.15) is 143 Å². The Bertz CT molecular complexity index is 1130. The number of rotatable bonds is 6. The van der Waals surface area contributed by atoms with Crippen LogP contribution < -0.4 is 0 Å². The second-order valence-electron chi connectivity index (χ2n) is 15.7. The predicted octanol–water partition coefficient (Wildman–Crippen LogP) is 8.57. The van der Waals surface area contributed by atoms with E-state index in [0.29, 0.717) is 11.5 Å². The summed E-state index contributed by atoms with van der Waals surface area (Å²) < 4.78 is 10.1. The van der Waals surface area contributed by atoms with E-state index in [1.807, 2.05) is 0 Å². The molecule has 0 saturated carbocycles. The first-order valence-electron chi connectivity index (χ1n) is 15.0. The van der Waals surface area contributed by atoms with E-state index in [4.69, 9.17) is 14.4 Å². The number of hydrogen-bond donors (Lipinski definition) is 4. The maximum atomic E-state index is 11.3. The quantitative estimate of drug-likeness (QED) is 0.193. The number of benzene rings is 2. The van der Waals surface area contributed by atoms with Gasteiger partial charge >= 0.3 is 257 Å². The molecule has 230 valence electrons. The van der Waals surface area contributed by atoms with Crippen molar-refractivity contribution < 1.29 is 24.6 Å². The molecule has 0 amide bonds. The summed E-state index contributed by atoms with van der Waals surface area (Å²) in [5.41, 5.74) is 6.59. The second kappa shape index (κ2) is 14.0. The Kier molecular flexibility index (Phi) is 13.2. The minimum atomic E-state index is -3.13. The van der Waals surface area contributed by atoms with Crippen LogP contribution in [0.5, 0.6) is 11.5 Å². The van der Waals surface area contributed by atoms with Crippen LogP contribution in [0.25, 0.3) is 0 Å². The average molecular weight is 617 g/mol. The molecule has 2 rings (SSSR count). The summed E-state index contributed by atoms with van der Waals surface area (Å²) in [4.78, 5) is 14.3. The van der Waals surface area contributed by atoms with E-state index >= 15 is 0 Å². The first kappa shape index (κ1) is 38.5. The Morgan fingerprint density at radius 3 is 1.12 bits per heavy atom. The maximum absolute atomic E-state index is 11.3. The monoisotopic (exact) mass is 616 g/mol. The Balaban J connectivity index is 0.00000196. The van der Waals surface area contributed by atoms with Crippen LogP contribution in [0.4, 0.5) is 0 Å². The molecule has 0 unspecified atom stereocenters. The van der Waals surface area contributed by atoms with E-state index in [1.165, 1.54) is 11.1 Å². The number of phenolic OH excluding ortho intramolecular Hbond substituents is 2. The molecule has 41 heavy (non-hydrogen) atoms. The Labute approximate surface area is 269 Å². The fourth-order valence-electron chi connectivity index (χ4n) is 5.61. The maximum Gasteiger partial charge on any atom is 0.314 e. The van der Waals surface area contributed by atoms with Crippen LogP contribution in [0.2, 0.25) is 0 Å². The molecule has 0 aromatic heterocycles. The number of aromatic hydroxyl groups is 2. The molecule has 0 fully saturated rings. The fourth-order valence-corrected chi connectivity index (χ4v) is 9.13. The Morgan fingerprint density at radius 1 is 0.610 bits per heavy atom. The van der Waals surface area contributed by atoms with Crippen LogP contribution in [-0.4, -0.2) is 53.8 Å². The summed E-state index contributed by atoms with van der Waals surface area (Å²) in [6.45, 7) is 31.1. The Morgan fingerprint density at radius 2 is 0.878 bits per heavy atom. The van der Waals surface area contributed by atoms with Crippen molar-refractivity contribution in [3.8, 4) is 11.5 Å². The van der Waals surface area contributed by atoms with E-state index in [0.717, 1.165) is 37.6 Å². The van der Waals surface area contributed by atoms with Crippen molar-refractivity contribution in [1.82, 2.24) is 0 Å². The molecule has 7 heteroatoms. The molecule has 0 radical (unpaired) electrons. The van der Waals surface area contributed by atoms with Crippen molar-refractivity contribution in [1.29, 1.82) is 0 Å². The van der Waals surface area contributed by atoms with Gasteiger partial charge in [-0.05, 0) is 0 Å². The smallest absolute Gasteiger partial charge is 0.314 e. The van der Waals surface area contributed by atoms with Gasteiger partial charge in [-0.15, -0.1) is 0 Å². The van der Waals surface area contributed by atoms with Gasteiger partial charge in [-0.25, -0.2) is 0 Å². The third kappa shape index (κ3) is 10.3. The van der Waals surface area contributed by atoms with E-state index in [2.05, 4.69) is 121 Å². The minimum Gasteiger partial charge on any atom is -0.326 e. The topological polar surface area (TPSA) is 98.0 Å². The first-order valence-corrected chi connectivity index (χ1v) is 19.0. The van der Waals surface area contributed by atoms with Crippen LogP contribution in [0, 0.1) is 0 Å². The second-order valence-corrected chi connectivity index (χ2v) is 20.0. The van der Waals surface area contributed by atoms with Crippen molar-refractivity contribution in [2.45, 2.75) is 135 Å². The zero-order chi connectivity index (χ0) is 32.4. The molecular weight excluding hydrogens is 559 g/mol. The third-order valence-corrected chi connectivity index (χ3v) is 13.4. The van der Waals surface area contributed by atoms with Crippen molar-refractivity contribution in [2.24, 2.45) is 0 Å². The van der Waals surface area contributed by atoms with Gasteiger partial charge in [-0.1, -0.05) is 0 Å². The average Bonchev–Trinajstić information content (AvgIpc) is 2.77. The van der Waals surface area contributed by atoms with Gasteiger partial charge in [0.2, 0.25) is 0 Å². The predicted molar refractivity (Wildman–Crippen MR) is 176 cm³/mol. The van der Waals surface area contributed by atoms with Crippen molar-refractivity contribution in [3.05, 3.63) is 57.6 Å². The van der Waals surface area contributed by atoms with E-state index < -0.39 is 42.1 Å². The van der Waals surface area contributed by atoms with Gasteiger partial charge in [0.05, 0.1) is 0 Å². The van der Waals surface area contributed by atoms with Gasteiger partial charge in [0, 0.05) is 0 Å². The normalized spacial score (nSPS) is 13.1. The van der Waals surface area contributed by atoms with Gasteiger partial charge < -0.3 is 9.79 Å². The molecule has 0 atom stereocenters. The minimum absolute atomic E-state index is 0.111. The van der Waals surface area contributed by atoms with Crippen LogP contribution in [0.3, 0.4) is 0 Å². The summed E-state index contributed by atoms with van der Waals surface area (Å²) in [7, 11) is -3.13. The molecule has 2 aromatic carbocycles. The third-order valence-electron chi connectivity index (χ3n) is 8.37. The molecule has 0 aliphatic carbocycles. The number of phenols is 2. The van der Waals surface area contributed by atoms with Crippen LogP contribution in [0.15, 0.2) is 24.3 Å². The van der Waals surface area contributed by atoms with Gasteiger partial charge in [-0.3, -0.25) is 4.57 Å². The van der Waals surface area contributed by atoms with E-state index in [1.54, 1.807) is 0 Å². The summed E-state index contributed by atoms with van der Waals surface area (Å²) in [5, 5.41) is 22.5. The molecule has 0 saturated heterocycles. The zero-order valence-electron chi connectivity index (χ0n) is 28.3. The van der Waals surface area contributed by atoms with E-state index in [9.17, 15) is 10.2 Å². The van der Waals surface area contributed by atoms with E-state index in [-0.39, 0.29) is 23.2 Å². The standard InChI is InChI=1S/C19H31O.C15H23O.Ca.H3O3P/c1-9-13(10-2)14-11-15(18(3,4)5)17(20)16(12-14)19(6,7)8;1-10-8-11(14(2,3)4)13(16)12(9-10)15(5,6)7;;1-4(2)3/h11-12,20H,9-10H2,1-8H3;8-9,16H,1H2,2-7H3;;4H,(H2,1,2,3). The van der Waals surface area contributed by atoms with Gasteiger partial charge in [0.25, 0.3) is 0 Å².